The Morgan fingerprint density at radius 3 is 2.73 bits per heavy atom. The van der Waals surface area contributed by atoms with E-state index in [9.17, 15) is 4.79 Å². The Labute approximate surface area is 130 Å². The normalized spacial score (nSPS) is 10.6. The van der Waals surface area contributed by atoms with E-state index in [-0.39, 0.29) is 5.91 Å². The predicted molar refractivity (Wildman–Crippen MR) is 87.8 cm³/mol. The summed E-state index contributed by atoms with van der Waals surface area (Å²) >= 11 is 0. The summed E-state index contributed by atoms with van der Waals surface area (Å²) in [5.74, 6) is 0.536. The fourth-order valence-electron chi connectivity index (χ4n) is 2.06. The van der Waals surface area contributed by atoms with Crippen molar-refractivity contribution in [2.75, 3.05) is 19.5 Å². The van der Waals surface area contributed by atoms with Gasteiger partial charge in [0.25, 0.3) is 0 Å². The zero-order chi connectivity index (χ0) is 15.8. The summed E-state index contributed by atoms with van der Waals surface area (Å²) in [5.41, 5.74) is 2.60. The van der Waals surface area contributed by atoms with Crippen molar-refractivity contribution in [1.29, 1.82) is 0 Å². The first-order valence-corrected chi connectivity index (χ1v) is 6.93. The van der Waals surface area contributed by atoms with Crippen LogP contribution in [0.25, 0.3) is 6.08 Å². The number of nitrogens with one attached hydrogen (secondary N) is 1. The molecule has 2 aromatic rings. The van der Waals surface area contributed by atoms with Crippen LogP contribution in [-0.4, -0.2) is 20.1 Å². The summed E-state index contributed by atoms with van der Waals surface area (Å²) in [7, 11) is 3.25. The number of carbonyl (C=O) groups excluding carboxylic acids is 1. The van der Waals surface area contributed by atoms with Crippen molar-refractivity contribution in [3.63, 3.8) is 0 Å². The first kappa shape index (κ1) is 15.8. The van der Waals surface area contributed by atoms with E-state index in [1.54, 1.807) is 20.3 Å². The van der Waals surface area contributed by atoms with Gasteiger partial charge in [0.2, 0.25) is 5.91 Å². The Hall–Kier alpha value is -2.59. The molecule has 0 atom stereocenters. The Balaban J connectivity index is 2.03. The minimum atomic E-state index is -0.194. The molecule has 0 aliphatic rings. The van der Waals surface area contributed by atoms with Crippen molar-refractivity contribution in [3.8, 4) is 5.75 Å². The molecule has 0 unspecified atom stereocenters. The topological polar surface area (TPSA) is 47.6 Å². The molecule has 4 heteroatoms. The highest BCUT2D eigenvalue weighted by Crippen LogP contribution is 2.18. The Morgan fingerprint density at radius 2 is 1.95 bits per heavy atom. The van der Waals surface area contributed by atoms with Crippen molar-refractivity contribution in [2.45, 2.75) is 6.61 Å². The SMILES string of the molecule is COCc1cccc(NC(=O)/C=C/c2ccccc2OC)c1. The quantitative estimate of drug-likeness (QED) is 0.830. The van der Waals surface area contributed by atoms with Crippen molar-refractivity contribution in [1.82, 2.24) is 0 Å². The van der Waals surface area contributed by atoms with Gasteiger partial charge in [0.15, 0.2) is 0 Å². The molecule has 1 N–H and O–H groups in total. The second-order valence-electron chi connectivity index (χ2n) is 4.70. The molecule has 2 rings (SSSR count). The molecule has 0 saturated carbocycles. The molecule has 0 saturated heterocycles. The minimum absolute atomic E-state index is 0.194. The first-order chi connectivity index (χ1) is 10.7. The number of hydrogen-bond donors (Lipinski definition) is 1. The zero-order valence-electron chi connectivity index (χ0n) is 12.7. The minimum Gasteiger partial charge on any atom is -0.496 e. The van der Waals surface area contributed by atoms with Crippen LogP contribution < -0.4 is 10.1 Å². The van der Waals surface area contributed by atoms with Crippen molar-refractivity contribution in [3.05, 3.63) is 65.7 Å². The summed E-state index contributed by atoms with van der Waals surface area (Å²) in [5, 5.41) is 2.83. The number of para-hydroxylation sites is 1. The second kappa shape index (κ2) is 8.00. The van der Waals surface area contributed by atoms with Gasteiger partial charge in [0.1, 0.15) is 5.75 Å². The van der Waals surface area contributed by atoms with E-state index in [2.05, 4.69) is 5.32 Å². The lowest BCUT2D eigenvalue weighted by Gasteiger charge is -2.06. The molecule has 0 spiro atoms. The third-order valence-corrected chi connectivity index (χ3v) is 3.06. The highest BCUT2D eigenvalue weighted by Gasteiger charge is 2.01. The second-order valence-corrected chi connectivity index (χ2v) is 4.70. The molecule has 2 aromatic carbocycles. The van der Waals surface area contributed by atoms with Gasteiger partial charge >= 0.3 is 0 Å². The number of ether oxygens (including phenoxy) is 2. The average molecular weight is 297 g/mol. The zero-order valence-corrected chi connectivity index (χ0v) is 12.7. The molecule has 0 heterocycles. The summed E-state index contributed by atoms with van der Waals surface area (Å²) in [4.78, 5) is 12.0. The van der Waals surface area contributed by atoms with Gasteiger partial charge in [0.05, 0.1) is 13.7 Å². The van der Waals surface area contributed by atoms with E-state index in [0.29, 0.717) is 6.61 Å². The van der Waals surface area contributed by atoms with Gasteiger partial charge in [-0.25, -0.2) is 0 Å². The van der Waals surface area contributed by atoms with Crippen LogP contribution in [-0.2, 0) is 16.1 Å². The number of benzene rings is 2. The number of rotatable bonds is 6. The molecule has 4 nitrogen and oxygen atoms in total. The summed E-state index contributed by atoms with van der Waals surface area (Å²) in [6, 6.07) is 15.1. The van der Waals surface area contributed by atoms with Gasteiger partial charge in [-0.2, -0.15) is 0 Å². The Kier molecular flexibility index (Phi) is 5.74. The molecule has 1 amide bonds. The lowest BCUT2D eigenvalue weighted by Crippen LogP contribution is -2.08. The third kappa shape index (κ3) is 4.46. The maximum atomic E-state index is 12.0. The van der Waals surface area contributed by atoms with Crippen LogP contribution >= 0.6 is 0 Å². The van der Waals surface area contributed by atoms with Gasteiger partial charge in [0, 0.05) is 24.4 Å². The molecule has 0 aliphatic carbocycles. The van der Waals surface area contributed by atoms with Crippen LogP contribution in [0, 0.1) is 0 Å². The Bertz CT molecular complexity index is 665. The van der Waals surface area contributed by atoms with Crippen molar-refractivity contribution < 1.29 is 14.3 Å². The smallest absolute Gasteiger partial charge is 0.248 e. The van der Waals surface area contributed by atoms with Crippen molar-refractivity contribution in [2.24, 2.45) is 0 Å². The van der Waals surface area contributed by atoms with Gasteiger partial charge in [-0.15, -0.1) is 0 Å². The van der Waals surface area contributed by atoms with E-state index in [4.69, 9.17) is 9.47 Å². The molecule has 22 heavy (non-hydrogen) atoms. The number of carbonyl (C=O) groups is 1. The first-order valence-electron chi connectivity index (χ1n) is 6.93. The molecule has 0 aromatic heterocycles. The third-order valence-electron chi connectivity index (χ3n) is 3.06. The fourth-order valence-corrected chi connectivity index (χ4v) is 2.06. The molecule has 0 fully saturated rings. The summed E-state index contributed by atoms with van der Waals surface area (Å²) in [6.07, 6.45) is 3.22. The highest BCUT2D eigenvalue weighted by molar-refractivity contribution is 6.02. The largest absolute Gasteiger partial charge is 0.496 e. The number of hydrogen-bond acceptors (Lipinski definition) is 3. The maximum Gasteiger partial charge on any atom is 0.248 e. The predicted octanol–water partition coefficient (Wildman–Crippen LogP) is 3.49. The van der Waals surface area contributed by atoms with Crippen molar-refractivity contribution >= 4 is 17.7 Å². The van der Waals surface area contributed by atoms with E-state index in [1.807, 2.05) is 48.5 Å². The van der Waals surface area contributed by atoms with Crippen LogP contribution in [0.3, 0.4) is 0 Å². The standard InChI is InChI=1S/C18H19NO3/c1-21-13-14-6-5-8-16(12-14)19-18(20)11-10-15-7-3-4-9-17(15)22-2/h3-12H,13H2,1-2H3,(H,19,20)/b11-10+. The van der Waals surface area contributed by atoms with Gasteiger partial charge < -0.3 is 14.8 Å². The summed E-state index contributed by atoms with van der Waals surface area (Å²) in [6.45, 7) is 0.515. The van der Waals surface area contributed by atoms with E-state index in [1.165, 1.54) is 6.08 Å². The molecular formula is C18H19NO3. The molecule has 0 aliphatic heterocycles. The fraction of sp³-hybridized carbons (Fsp3) is 0.167. The lowest BCUT2D eigenvalue weighted by atomic mass is 10.2. The van der Waals surface area contributed by atoms with Crippen LogP contribution in [0.15, 0.2) is 54.6 Å². The molecule has 0 bridgehead atoms. The maximum absolute atomic E-state index is 12.0. The lowest BCUT2D eigenvalue weighted by molar-refractivity contribution is -0.111. The average Bonchev–Trinajstić information content (AvgIpc) is 2.54. The van der Waals surface area contributed by atoms with E-state index >= 15 is 0 Å². The van der Waals surface area contributed by atoms with E-state index in [0.717, 1.165) is 22.6 Å². The van der Waals surface area contributed by atoms with Gasteiger partial charge in [-0.3, -0.25) is 4.79 Å². The van der Waals surface area contributed by atoms with Crippen LogP contribution in [0.5, 0.6) is 5.75 Å². The number of amides is 1. The van der Waals surface area contributed by atoms with Crippen LogP contribution in [0.1, 0.15) is 11.1 Å². The molecule has 0 radical (unpaired) electrons. The Morgan fingerprint density at radius 1 is 1.14 bits per heavy atom. The monoisotopic (exact) mass is 297 g/mol. The van der Waals surface area contributed by atoms with Gasteiger partial charge in [-0.1, -0.05) is 30.3 Å². The molecular weight excluding hydrogens is 278 g/mol. The van der Waals surface area contributed by atoms with Crippen LogP contribution in [0.2, 0.25) is 0 Å². The number of anilines is 1. The molecule has 114 valence electrons. The van der Waals surface area contributed by atoms with E-state index < -0.39 is 0 Å². The number of methoxy groups -OCH3 is 2. The summed E-state index contributed by atoms with van der Waals surface area (Å²) < 4.78 is 10.3. The van der Waals surface area contributed by atoms with Gasteiger partial charge in [-0.05, 0) is 29.8 Å². The highest BCUT2D eigenvalue weighted by atomic mass is 16.5. The van der Waals surface area contributed by atoms with Crippen LogP contribution in [0.4, 0.5) is 5.69 Å².